The molecule has 3 rings (SSSR count). The molecule has 0 spiro atoms. The lowest BCUT2D eigenvalue weighted by Gasteiger charge is -2.21. The molecule has 0 atom stereocenters. The van der Waals surface area contributed by atoms with Crippen molar-refractivity contribution < 1.29 is 17.9 Å². The molecule has 0 bridgehead atoms. The van der Waals surface area contributed by atoms with Crippen LogP contribution < -0.4 is 10.2 Å². The minimum atomic E-state index is -3.94. The van der Waals surface area contributed by atoms with Crippen LogP contribution in [0, 0.1) is 0 Å². The molecule has 1 N–H and O–H groups in total. The second-order valence-corrected chi connectivity index (χ2v) is 9.87. The maximum absolute atomic E-state index is 13.3. The molecule has 0 unspecified atom stereocenters. The molecule has 9 heteroatoms. The average molecular weight is 512 g/mol. The van der Waals surface area contributed by atoms with Gasteiger partial charge >= 0.3 is 0 Å². The highest BCUT2D eigenvalue weighted by atomic mass is 35.5. The van der Waals surface area contributed by atoms with Gasteiger partial charge in [-0.15, -0.1) is 0 Å². The molecule has 0 heterocycles. The third-order valence-corrected chi connectivity index (χ3v) is 7.00. The first-order valence-electron chi connectivity index (χ1n) is 10.8. The third kappa shape index (κ3) is 8.06. The van der Waals surface area contributed by atoms with Crippen LogP contribution in [0.4, 0.5) is 0 Å². The fourth-order valence-electron chi connectivity index (χ4n) is 3.15. The first-order chi connectivity index (χ1) is 16.9. The molecule has 0 saturated carbocycles. The van der Waals surface area contributed by atoms with Gasteiger partial charge < -0.3 is 4.74 Å². The predicted molar refractivity (Wildman–Crippen MR) is 138 cm³/mol. The summed E-state index contributed by atoms with van der Waals surface area (Å²) in [6, 6.07) is 22.5. The van der Waals surface area contributed by atoms with Gasteiger partial charge in [0.05, 0.1) is 17.7 Å². The van der Waals surface area contributed by atoms with Crippen LogP contribution in [0.25, 0.3) is 0 Å². The molecule has 0 aliphatic rings. The van der Waals surface area contributed by atoms with Gasteiger partial charge in [0.25, 0.3) is 5.91 Å². The lowest BCUT2D eigenvalue weighted by Crippen LogP contribution is -2.40. The van der Waals surface area contributed by atoms with E-state index in [0.717, 1.165) is 9.87 Å². The molecule has 3 aromatic carbocycles. The van der Waals surface area contributed by atoms with Crippen LogP contribution in [0.15, 0.2) is 102 Å². The largest absolute Gasteiger partial charge is 0.490 e. The number of carbonyl (C=O) groups is 1. The smallest absolute Gasteiger partial charge is 0.255 e. The number of sulfonamides is 1. The lowest BCUT2D eigenvalue weighted by atomic mass is 10.1. The van der Waals surface area contributed by atoms with Gasteiger partial charge in [-0.1, -0.05) is 66.7 Å². The van der Waals surface area contributed by atoms with E-state index in [0.29, 0.717) is 29.4 Å². The van der Waals surface area contributed by atoms with E-state index >= 15 is 0 Å². The van der Waals surface area contributed by atoms with Crippen molar-refractivity contribution >= 4 is 33.7 Å². The molecular weight excluding hydrogens is 486 g/mol. The van der Waals surface area contributed by atoms with E-state index in [1.54, 1.807) is 30.3 Å². The van der Waals surface area contributed by atoms with E-state index in [9.17, 15) is 13.2 Å². The summed E-state index contributed by atoms with van der Waals surface area (Å²) in [4.78, 5) is 12.7. The Labute approximate surface area is 210 Å². The third-order valence-electron chi connectivity index (χ3n) is 4.89. The summed E-state index contributed by atoms with van der Waals surface area (Å²) >= 11 is 5.91. The van der Waals surface area contributed by atoms with Crippen molar-refractivity contribution in [2.24, 2.45) is 5.10 Å². The fourth-order valence-corrected chi connectivity index (χ4v) is 4.68. The van der Waals surface area contributed by atoms with Crippen LogP contribution in [-0.4, -0.2) is 44.5 Å². The van der Waals surface area contributed by atoms with E-state index in [1.807, 2.05) is 30.3 Å². The zero-order valence-corrected chi connectivity index (χ0v) is 20.6. The molecule has 1 amide bonds. The Morgan fingerprint density at radius 2 is 1.80 bits per heavy atom. The van der Waals surface area contributed by atoms with E-state index in [1.165, 1.54) is 30.5 Å². The number of ether oxygens (including phenoxy) is 1. The van der Waals surface area contributed by atoms with Gasteiger partial charge in [-0.2, -0.15) is 9.41 Å². The SMILES string of the molecule is C=CCOc1cccc(/C=N\NC(=O)CN(CCc2ccccc2)S(=O)(=O)c2ccc(Cl)cc2)c1. The predicted octanol–water partition coefficient (Wildman–Crippen LogP) is 4.29. The van der Waals surface area contributed by atoms with E-state index < -0.39 is 22.5 Å². The molecule has 0 aromatic heterocycles. The number of amides is 1. The molecule has 0 aliphatic heterocycles. The summed E-state index contributed by atoms with van der Waals surface area (Å²) in [7, 11) is -3.94. The maximum Gasteiger partial charge on any atom is 0.255 e. The average Bonchev–Trinajstić information content (AvgIpc) is 2.86. The first-order valence-corrected chi connectivity index (χ1v) is 12.7. The normalized spacial score (nSPS) is 11.5. The van der Waals surface area contributed by atoms with Gasteiger partial charge in [-0.3, -0.25) is 4.79 Å². The summed E-state index contributed by atoms with van der Waals surface area (Å²) < 4.78 is 33.1. The van der Waals surface area contributed by atoms with Gasteiger partial charge in [0.1, 0.15) is 12.4 Å². The van der Waals surface area contributed by atoms with Crippen LogP contribution in [0.3, 0.4) is 0 Å². The van der Waals surface area contributed by atoms with Crippen LogP contribution in [0.1, 0.15) is 11.1 Å². The minimum Gasteiger partial charge on any atom is -0.490 e. The van der Waals surface area contributed by atoms with Crippen molar-refractivity contribution in [1.29, 1.82) is 0 Å². The summed E-state index contributed by atoms with van der Waals surface area (Å²) in [6.45, 7) is 3.71. The Morgan fingerprint density at radius 1 is 1.06 bits per heavy atom. The highest BCUT2D eigenvalue weighted by Crippen LogP contribution is 2.19. The number of hydrazone groups is 1. The van der Waals surface area contributed by atoms with Crippen molar-refractivity contribution in [2.75, 3.05) is 19.7 Å². The number of nitrogens with zero attached hydrogens (tertiary/aromatic N) is 2. The second-order valence-electron chi connectivity index (χ2n) is 7.49. The van der Waals surface area contributed by atoms with Gasteiger partial charge in [0.15, 0.2) is 0 Å². The Morgan fingerprint density at radius 3 is 2.51 bits per heavy atom. The van der Waals surface area contributed by atoms with Crippen LogP contribution >= 0.6 is 11.6 Å². The van der Waals surface area contributed by atoms with Crippen LogP contribution in [-0.2, 0) is 21.2 Å². The maximum atomic E-state index is 13.3. The number of benzene rings is 3. The molecule has 0 radical (unpaired) electrons. The van der Waals surface area contributed by atoms with Crippen LogP contribution in [0.2, 0.25) is 5.02 Å². The minimum absolute atomic E-state index is 0.0580. The number of hydrogen-bond acceptors (Lipinski definition) is 5. The summed E-state index contributed by atoms with van der Waals surface area (Å²) in [5, 5.41) is 4.38. The van der Waals surface area contributed by atoms with Crippen molar-refractivity contribution in [3.05, 3.63) is 108 Å². The second kappa shape index (κ2) is 12.9. The molecular formula is C26H26ClN3O4S. The number of carbonyl (C=O) groups excluding carboxylic acids is 1. The molecule has 0 aliphatic carbocycles. The van der Waals surface area contributed by atoms with Gasteiger partial charge in [-0.25, -0.2) is 13.8 Å². The van der Waals surface area contributed by atoms with E-state index in [4.69, 9.17) is 16.3 Å². The van der Waals surface area contributed by atoms with Crippen LogP contribution in [0.5, 0.6) is 5.75 Å². The molecule has 182 valence electrons. The quantitative estimate of drug-likeness (QED) is 0.223. The van der Waals surface area contributed by atoms with Crippen molar-refractivity contribution in [3.8, 4) is 5.75 Å². The zero-order valence-electron chi connectivity index (χ0n) is 19.0. The van der Waals surface area contributed by atoms with E-state index in [2.05, 4.69) is 17.1 Å². The number of halogens is 1. The molecule has 0 fully saturated rings. The number of hydrogen-bond donors (Lipinski definition) is 1. The highest BCUT2D eigenvalue weighted by molar-refractivity contribution is 7.89. The Hall–Kier alpha value is -3.46. The molecule has 3 aromatic rings. The topological polar surface area (TPSA) is 88.1 Å². The highest BCUT2D eigenvalue weighted by Gasteiger charge is 2.26. The standard InChI is InChI=1S/C26H26ClN3O4S/c1-2-17-34-24-10-6-9-22(18-24)19-28-29-26(31)20-30(16-15-21-7-4-3-5-8-21)35(32,33)25-13-11-23(27)12-14-25/h2-14,18-19H,1,15-17,20H2,(H,29,31)/b28-19-. The Kier molecular flexibility index (Phi) is 9.60. The van der Waals surface area contributed by atoms with Gasteiger partial charge in [0, 0.05) is 11.6 Å². The van der Waals surface area contributed by atoms with Crippen molar-refractivity contribution in [1.82, 2.24) is 9.73 Å². The summed E-state index contributed by atoms with van der Waals surface area (Å²) in [5.41, 5.74) is 4.07. The van der Waals surface area contributed by atoms with Crippen molar-refractivity contribution in [2.45, 2.75) is 11.3 Å². The van der Waals surface area contributed by atoms with Gasteiger partial charge in [-0.05, 0) is 53.9 Å². The summed E-state index contributed by atoms with van der Waals surface area (Å²) in [5.74, 6) is 0.0761. The number of rotatable bonds is 12. The Balaban J connectivity index is 1.70. The van der Waals surface area contributed by atoms with Gasteiger partial charge in [0.2, 0.25) is 10.0 Å². The summed E-state index contributed by atoms with van der Waals surface area (Å²) in [6.07, 6.45) is 3.55. The fraction of sp³-hybridized carbons (Fsp3) is 0.154. The van der Waals surface area contributed by atoms with E-state index in [-0.39, 0.29) is 11.4 Å². The van der Waals surface area contributed by atoms with Crippen molar-refractivity contribution in [3.63, 3.8) is 0 Å². The number of nitrogens with one attached hydrogen (secondary N) is 1. The lowest BCUT2D eigenvalue weighted by molar-refractivity contribution is -0.121. The molecule has 7 nitrogen and oxygen atoms in total. The molecule has 0 saturated heterocycles. The Bertz CT molecular complexity index is 1260. The zero-order chi connectivity index (χ0) is 25.1. The monoisotopic (exact) mass is 511 g/mol. The first kappa shape index (κ1) is 26.2. The molecule has 35 heavy (non-hydrogen) atoms.